The van der Waals surface area contributed by atoms with Gasteiger partial charge in [-0.15, -0.1) is 0 Å². The Morgan fingerprint density at radius 1 is 1.30 bits per heavy atom. The maximum absolute atomic E-state index is 6.69. The number of aryl methyl sites for hydroxylation is 1. The molecule has 2 N–H and O–H groups in total. The van der Waals surface area contributed by atoms with Gasteiger partial charge in [0.2, 0.25) is 0 Å². The molecule has 4 heteroatoms. The van der Waals surface area contributed by atoms with Crippen molar-refractivity contribution in [3.8, 4) is 0 Å². The Morgan fingerprint density at radius 2 is 2.15 bits per heavy atom. The van der Waals surface area contributed by atoms with Crippen molar-refractivity contribution in [2.75, 3.05) is 0 Å². The largest absolute Gasteiger partial charge is 0.325 e. The first-order chi connectivity index (χ1) is 9.67. The number of nitrogens with zero attached hydrogens (tertiary/aromatic N) is 3. The summed E-state index contributed by atoms with van der Waals surface area (Å²) in [5, 5.41) is 4.32. The third-order valence-corrected chi connectivity index (χ3v) is 4.68. The van der Waals surface area contributed by atoms with Crippen LogP contribution in [0.1, 0.15) is 71.0 Å². The second-order valence-corrected chi connectivity index (χ2v) is 6.52. The molecule has 2 atom stereocenters. The fraction of sp³-hybridized carbons (Fsp3) is 0.875. The van der Waals surface area contributed by atoms with Crippen LogP contribution in [0.15, 0.2) is 6.33 Å². The number of hydrogen-bond acceptors (Lipinski definition) is 3. The number of nitrogens with two attached hydrogens (primary N) is 1. The second-order valence-electron chi connectivity index (χ2n) is 6.52. The molecule has 4 nitrogen and oxygen atoms in total. The maximum atomic E-state index is 6.69. The predicted octanol–water partition coefficient (Wildman–Crippen LogP) is 3.31. The van der Waals surface area contributed by atoms with Crippen LogP contribution < -0.4 is 5.73 Å². The molecule has 20 heavy (non-hydrogen) atoms. The molecule has 1 aromatic rings. The number of aromatic nitrogens is 3. The molecule has 1 saturated carbocycles. The molecule has 0 radical (unpaired) electrons. The van der Waals surface area contributed by atoms with E-state index in [4.69, 9.17) is 5.73 Å². The Bertz CT molecular complexity index is 401. The van der Waals surface area contributed by atoms with E-state index in [1.807, 2.05) is 4.68 Å². The molecule has 0 spiro atoms. The lowest BCUT2D eigenvalue weighted by Gasteiger charge is -2.28. The number of rotatable bonds is 6. The minimum Gasteiger partial charge on any atom is -0.325 e. The normalized spacial score (nSPS) is 27.4. The van der Waals surface area contributed by atoms with E-state index in [-0.39, 0.29) is 5.54 Å². The molecule has 0 aromatic carbocycles. The van der Waals surface area contributed by atoms with E-state index in [0.717, 1.165) is 44.0 Å². The number of hydrogen-bond donors (Lipinski definition) is 1. The van der Waals surface area contributed by atoms with Gasteiger partial charge in [-0.05, 0) is 31.6 Å². The third-order valence-electron chi connectivity index (χ3n) is 4.68. The van der Waals surface area contributed by atoms with Crippen molar-refractivity contribution in [1.29, 1.82) is 0 Å². The lowest BCUT2D eigenvalue weighted by molar-refractivity contribution is 0.342. The Balaban J connectivity index is 1.98. The van der Waals surface area contributed by atoms with E-state index in [1.165, 1.54) is 32.1 Å². The van der Waals surface area contributed by atoms with Crippen LogP contribution in [0.3, 0.4) is 0 Å². The lowest BCUT2D eigenvalue weighted by Crippen LogP contribution is -2.42. The molecular weight excluding hydrogens is 248 g/mol. The van der Waals surface area contributed by atoms with E-state index in [9.17, 15) is 0 Å². The summed E-state index contributed by atoms with van der Waals surface area (Å²) in [7, 11) is 0. The van der Waals surface area contributed by atoms with Gasteiger partial charge < -0.3 is 5.73 Å². The highest BCUT2D eigenvalue weighted by Gasteiger charge is 2.30. The zero-order valence-corrected chi connectivity index (χ0v) is 13.1. The van der Waals surface area contributed by atoms with Crippen LogP contribution in [-0.4, -0.2) is 20.3 Å². The average Bonchev–Trinajstić information content (AvgIpc) is 2.75. The van der Waals surface area contributed by atoms with Gasteiger partial charge >= 0.3 is 0 Å². The Labute approximate surface area is 123 Å². The summed E-state index contributed by atoms with van der Waals surface area (Å²) in [5.41, 5.74) is 6.62. The first-order valence-corrected chi connectivity index (χ1v) is 8.32. The van der Waals surface area contributed by atoms with Crippen molar-refractivity contribution >= 4 is 0 Å². The minimum absolute atomic E-state index is 0.0684. The van der Waals surface area contributed by atoms with Crippen molar-refractivity contribution in [3.05, 3.63) is 12.2 Å². The van der Waals surface area contributed by atoms with Crippen LogP contribution in [0.25, 0.3) is 0 Å². The molecule has 0 saturated heterocycles. The van der Waals surface area contributed by atoms with Crippen LogP contribution >= 0.6 is 0 Å². The van der Waals surface area contributed by atoms with E-state index < -0.39 is 0 Å². The van der Waals surface area contributed by atoms with Crippen LogP contribution in [0.4, 0.5) is 0 Å². The summed E-state index contributed by atoms with van der Waals surface area (Å²) in [6, 6.07) is 0. The van der Waals surface area contributed by atoms with E-state index in [0.29, 0.717) is 0 Å². The van der Waals surface area contributed by atoms with Crippen LogP contribution in [-0.2, 0) is 13.0 Å². The highest BCUT2D eigenvalue weighted by atomic mass is 15.3. The van der Waals surface area contributed by atoms with Crippen LogP contribution in [0.2, 0.25) is 0 Å². The van der Waals surface area contributed by atoms with E-state index >= 15 is 0 Å². The average molecular weight is 278 g/mol. The molecule has 114 valence electrons. The minimum atomic E-state index is -0.0684. The topological polar surface area (TPSA) is 56.7 Å². The van der Waals surface area contributed by atoms with Crippen LogP contribution in [0.5, 0.6) is 0 Å². The first kappa shape index (κ1) is 15.5. The molecule has 2 rings (SSSR count). The smallest absolute Gasteiger partial charge is 0.138 e. The van der Waals surface area contributed by atoms with Crippen molar-refractivity contribution in [2.24, 2.45) is 11.7 Å². The molecular formula is C16H30N4. The van der Waals surface area contributed by atoms with Crippen molar-refractivity contribution in [1.82, 2.24) is 14.8 Å². The molecule has 1 heterocycles. The van der Waals surface area contributed by atoms with Crippen LogP contribution in [0, 0.1) is 5.92 Å². The maximum Gasteiger partial charge on any atom is 0.138 e. The highest BCUT2D eigenvalue weighted by Crippen LogP contribution is 2.32. The van der Waals surface area contributed by atoms with Gasteiger partial charge in [0.25, 0.3) is 0 Å². The summed E-state index contributed by atoms with van der Waals surface area (Å²) in [6.07, 6.45) is 12.5. The fourth-order valence-corrected chi connectivity index (χ4v) is 3.52. The fourth-order valence-electron chi connectivity index (χ4n) is 3.52. The summed E-state index contributed by atoms with van der Waals surface area (Å²) < 4.78 is 2.03. The summed E-state index contributed by atoms with van der Waals surface area (Å²) in [4.78, 5) is 4.43. The lowest BCUT2D eigenvalue weighted by atomic mass is 9.86. The molecule has 0 bridgehead atoms. The van der Waals surface area contributed by atoms with Crippen molar-refractivity contribution < 1.29 is 0 Å². The zero-order chi connectivity index (χ0) is 14.4. The van der Waals surface area contributed by atoms with E-state index in [1.54, 1.807) is 6.33 Å². The third kappa shape index (κ3) is 4.05. The second kappa shape index (κ2) is 7.21. The summed E-state index contributed by atoms with van der Waals surface area (Å²) >= 11 is 0. The standard InChI is InChI=1S/C16H30N4/c1-3-6-14-7-5-9-16(17,10-8-14)12-15-18-13-19-20(15)11-4-2/h13-14H,3-12,17H2,1-2H3. The molecule has 1 aliphatic carbocycles. The SMILES string of the molecule is CCCC1CCCC(N)(Cc2ncnn2CCC)CC1. The Kier molecular flexibility index (Phi) is 5.58. The molecule has 1 aliphatic rings. The van der Waals surface area contributed by atoms with Gasteiger partial charge in [0.05, 0.1) is 0 Å². The Hall–Kier alpha value is -0.900. The zero-order valence-electron chi connectivity index (χ0n) is 13.1. The van der Waals surface area contributed by atoms with Crippen molar-refractivity contribution in [2.45, 2.75) is 83.7 Å². The Morgan fingerprint density at radius 3 is 2.90 bits per heavy atom. The monoisotopic (exact) mass is 278 g/mol. The predicted molar refractivity (Wildman–Crippen MR) is 82.4 cm³/mol. The van der Waals surface area contributed by atoms with Crippen molar-refractivity contribution in [3.63, 3.8) is 0 Å². The van der Waals surface area contributed by atoms with Gasteiger partial charge in [0.1, 0.15) is 12.2 Å². The molecule has 2 unspecified atom stereocenters. The molecule has 1 fully saturated rings. The van der Waals surface area contributed by atoms with Gasteiger partial charge in [0, 0.05) is 18.5 Å². The molecule has 0 amide bonds. The van der Waals surface area contributed by atoms with Gasteiger partial charge in [-0.1, -0.05) is 39.5 Å². The molecule has 0 aliphatic heterocycles. The van der Waals surface area contributed by atoms with Gasteiger partial charge in [0.15, 0.2) is 0 Å². The molecule has 1 aromatic heterocycles. The summed E-state index contributed by atoms with van der Waals surface area (Å²) in [5.74, 6) is 1.96. The van der Waals surface area contributed by atoms with Gasteiger partial charge in [-0.25, -0.2) is 4.98 Å². The first-order valence-electron chi connectivity index (χ1n) is 8.32. The quantitative estimate of drug-likeness (QED) is 0.812. The highest BCUT2D eigenvalue weighted by molar-refractivity contribution is 4.99. The van der Waals surface area contributed by atoms with E-state index in [2.05, 4.69) is 23.9 Å². The van der Waals surface area contributed by atoms with Gasteiger partial charge in [-0.2, -0.15) is 5.10 Å². The van der Waals surface area contributed by atoms with Gasteiger partial charge in [-0.3, -0.25) is 4.68 Å². The summed E-state index contributed by atoms with van der Waals surface area (Å²) in [6.45, 7) is 5.41.